The number of hydrogen-bond acceptors (Lipinski definition) is 0. The van der Waals surface area contributed by atoms with Crippen LogP contribution in [0.5, 0.6) is 0 Å². The molecule has 0 fully saturated rings. The highest BCUT2D eigenvalue weighted by atomic mass is 19.4. The number of hydrogen-bond donors (Lipinski definition) is 0. The molecule has 0 radical (unpaired) electrons. The highest BCUT2D eigenvalue weighted by Crippen LogP contribution is 2.50. The topological polar surface area (TPSA) is 0 Å². The maximum Gasteiger partial charge on any atom is 0.394 e. The van der Waals surface area contributed by atoms with E-state index < -0.39 is 11.6 Å². The van der Waals surface area contributed by atoms with Gasteiger partial charge in [0.2, 0.25) is 0 Å². The minimum atomic E-state index is -4.04. The predicted molar refractivity (Wildman–Crippen MR) is 80.9 cm³/mol. The van der Waals surface area contributed by atoms with Gasteiger partial charge in [-0.05, 0) is 19.3 Å². The summed E-state index contributed by atoms with van der Waals surface area (Å²) in [7, 11) is 0. The lowest BCUT2D eigenvalue weighted by molar-refractivity contribution is -0.233. The molecule has 122 valence electrons. The summed E-state index contributed by atoms with van der Waals surface area (Å²) in [5.41, 5.74) is -1.41. The molecule has 0 spiro atoms. The van der Waals surface area contributed by atoms with Gasteiger partial charge in [0.05, 0.1) is 5.41 Å². The number of rotatable bonds is 12. The van der Waals surface area contributed by atoms with Crippen molar-refractivity contribution in [3.63, 3.8) is 0 Å². The van der Waals surface area contributed by atoms with Crippen LogP contribution >= 0.6 is 0 Å². The Hall–Kier alpha value is -0.210. The van der Waals surface area contributed by atoms with Gasteiger partial charge in [0.15, 0.2) is 0 Å². The monoisotopic (exact) mass is 294 g/mol. The molecule has 0 aromatic heterocycles. The molecule has 0 rings (SSSR count). The van der Waals surface area contributed by atoms with Crippen LogP contribution < -0.4 is 0 Å². The van der Waals surface area contributed by atoms with E-state index in [4.69, 9.17) is 0 Å². The second-order valence-corrected chi connectivity index (χ2v) is 6.15. The first-order chi connectivity index (χ1) is 9.43. The lowest BCUT2D eigenvalue weighted by Gasteiger charge is -2.36. The summed E-state index contributed by atoms with van der Waals surface area (Å²) < 4.78 is 41.0. The standard InChI is InChI=1S/C17H33F3/c1-4-7-10-13-16(17(18,19)20,14-11-8-5-2)15-12-9-6-3/h4-15H2,1-3H3. The average molecular weight is 294 g/mol. The summed E-state index contributed by atoms with van der Waals surface area (Å²) in [6.07, 6.45) is 4.80. The van der Waals surface area contributed by atoms with E-state index in [1.54, 1.807) is 0 Å². The van der Waals surface area contributed by atoms with E-state index in [2.05, 4.69) is 0 Å². The third kappa shape index (κ3) is 6.99. The summed E-state index contributed by atoms with van der Waals surface area (Å²) in [6, 6.07) is 0. The largest absolute Gasteiger partial charge is 0.394 e. The van der Waals surface area contributed by atoms with Crippen LogP contribution in [0.1, 0.15) is 97.8 Å². The fourth-order valence-electron chi connectivity index (χ4n) is 2.94. The van der Waals surface area contributed by atoms with Gasteiger partial charge in [0, 0.05) is 0 Å². The maximum absolute atomic E-state index is 13.7. The van der Waals surface area contributed by atoms with Gasteiger partial charge in [0.1, 0.15) is 0 Å². The first-order valence-corrected chi connectivity index (χ1v) is 8.50. The molecule has 0 aliphatic rings. The molecule has 0 unspecified atom stereocenters. The molecule has 0 atom stereocenters. The lowest BCUT2D eigenvalue weighted by Crippen LogP contribution is -2.38. The van der Waals surface area contributed by atoms with Crippen LogP contribution in [0.4, 0.5) is 13.2 Å². The van der Waals surface area contributed by atoms with Gasteiger partial charge in [0.25, 0.3) is 0 Å². The van der Waals surface area contributed by atoms with Crippen LogP contribution in [0.15, 0.2) is 0 Å². The van der Waals surface area contributed by atoms with Gasteiger partial charge in [-0.1, -0.05) is 78.6 Å². The van der Waals surface area contributed by atoms with Crippen LogP contribution in [0.2, 0.25) is 0 Å². The average Bonchev–Trinajstić information content (AvgIpc) is 2.37. The summed E-state index contributed by atoms with van der Waals surface area (Å²) in [6.45, 7) is 6.14. The van der Waals surface area contributed by atoms with Crippen molar-refractivity contribution < 1.29 is 13.2 Å². The highest BCUT2D eigenvalue weighted by molar-refractivity contribution is 4.86. The molecule has 0 N–H and O–H groups in total. The van der Waals surface area contributed by atoms with E-state index in [9.17, 15) is 13.2 Å². The Morgan fingerprint density at radius 3 is 1.05 bits per heavy atom. The Morgan fingerprint density at radius 2 is 0.850 bits per heavy atom. The SMILES string of the molecule is CCCCCC(CCCCC)(CCCCC)C(F)(F)F. The molecule has 0 amide bonds. The lowest BCUT2D eigenvalue weighted by atomic mass is 9.73. The summed E-state index contributed by atoms with van der Waals surface area (Å²) >= 11 is 0. The van der Waals surface area contributed by atoms with Gasteiger partial charge < -0.3 is 0 Å². The highest BCUT2D eigenvalue weighted by Gasteiger charge is 2.52. The van der Waals surface area contributed by atoms with Crippen molar-refractivity contribution in [2.24, 2.45) is 5.41 Å². The van der Waals surface area contributed by atoms with E-state index in [1.165, 1.54) is 0 Å². The molecule has 0 bridgehead atoms. The zero-order valence-electron chi connectivity index (χ0n) is 13.6. The summed E-state index contributed by atoms with van der Waals surface area (Å²) in [5.74, 6) is 0. The molecule has 0 nitrogen and oxygen atoms in total. The predicted octanol–water partition coefficient (Wildman–Crippen LogP) is 7.28. The van der Waals surface area contributed by atoms with Crippen LogP contribution in [0.3, 0.4) is 0 Å². The summed E-state index contributed by atoms with van der Waals surface area (Å²) in [4.78, 5) is 0. The maximum atomic E-state index is 13.7. The second kappa shape index (κ2) is 10.5. The first kappa shape index (κ1) is 19.8. The number of alkyl halides is 3. The number of halogens is 3. The molecule has 0 aliphatic carbocycles. The van der Waals surface area contributed by atoms with E-state index in [0.29, 0.717) is 38.5 Å². The third-order valence-corrected chi connectivity index (χ3v) is 4.38. The number of unbranched alkanes of at least 4 members (excludes halogenated alkanes) is 6. The second-order valence-electron chi connectivity index (χ2n) is 6.15. The Labute approximate surface area is 123 Å². The Kier molecular flexibility index (Phi) is 10.4. The molecule has 20 heavy (non-hydrogen) atoms. The Balaban J connectivity index is 4.77. The van der Waals surface area contributed by atoms with E-state index >= 15 is 0 Å². The normalized spacial score (nSPS) is 12.9. The Morgan fingerprint density at radius 1 is 0.550 bits per heavy atom. The quantitative estimate of drug-likeness (QED) is 0.332. The Bertz CT molecular complexity index is 194. The minimum Gasteiger partial charge on any atom is -0.171 e. The fourth-order valence-corrected chi connectivity index (χ4v) is 2.94. The van der Waals surface area contributed by atoms with Gasteiger partial charge in [-0.2, -0.15) is 13.2 Å². The van der Waals surface area contributed by atoms with Gasteiger partial charge in [-0.3, -0.25) is 0 Å². The molecule has 0 saturated carbocycles. The van der Waals surface area contributed by atoms with Crippen LogP contribution in [-0.4, -0.2) is 6.18 Å². The van der Waals surface area contributed by atoms with Crippen LogP contribution in [-0.2, 0) is 0 Å². The molecule has 0 aromatic rings. The van der Waals surface area contributed by atoms with Crippen molar-refractivity contribution in [3.05, 3.63) is 0 Å². The third-order valence-electron chi connectivity index (χ3n) is 4.38. The van der Waals surface area contributed by atoms with Gasteiger partial charge in [-0.25, -0.2) is 0 Å². The van der Waals surface area contributed by atoms with Crippen molar-refractivity contribution in [2.45, 2.75) is 104 Å². The van der Waals surface area contributed by atoms with Gasteiger partial charge >= 0.3 is 6.18 Å². The molecule has 0 heterocycles. The van der Waals surface area contributed by atoms with Crippen molar-refractivity contribution in [2.75, 3.05) is 0 Å². The molecule has 0 saturated heterocycles. The molecular weight excluding hydrogens is 261 g/mol. The zero-order chi connectivity index (χ0) is 15.5. The smallest absolute Gasteiger partial charge is 0.171 e. The van der Waals surface area contributed by atoms with Crippen molar-refractivity contribution >= 4 is 0 Å². The van der Waals surface area contributed by atoms with Crippen molar-refractivity contribution in [1.82, 2.24) is 0 Å². The van der Waals surface area contributed by atoms with Crippen molar-refractivity contribution in [1.29, 1.82) is 0 Å². The van der Waals surface area contributed by atoms with Crippen LogP contribution in [0.25, 0.3) is 0 Å². The van der Waals surface area contributed by atoms with Gasteiger partial charge in [-0.15, -0.1) is 0 Å². The van der Waals surface area contributed by atoms with Crippen molar-refractivity contribution in [3.8, 4) is 0 Å². The van der Waals surface area contributed by atoms with E-state index in [-0.39, 0.29) is 0 Å². The molecule has 3 heteroatoms. The van der Waals surface area contributed by atoms with E-state index in [1.807, 2.05) is 20.8 Å². The fraction of sp³-hybridized carbons (Fsp3) is 1.00. The first-order valence-electron chi connectivity index (χ1n) is 8.50. The molecular formula is C17H33F3. The molecule has 0 aromatic carbocycles. The van der Waals surface area contributed by atoms with E-state index in [0.717, 1.165) is 38.5 Å². The van der Waals surface area contributed by atoms with Crippen LogP contribution in [0, 0.1) is 5.41 Å². The zero-order valence-corrected chi connectivity index (χ0v) is 13.6. The summed E-state index contributed by atoms with van der Waals surface area (Å²) in [5, 5.41) is 0. The molecule has 0 aliphatic heterocycles. The minimum absolute atomic E-state index is 0.331.